The second-order valence-electron chi connectivity index (χ2n) is 9.51. The predicted molar refractivity (Wildman–Crippen MR) is 109 cm³/mol. The highest BCUT2D eigenvalue weighted by atomic mass is 16.5. The lowest BCUT2D eigenvalue weighted by Crippen LogP contribution is -2.59. The topological polar surface area (TPSA) is 77.0 Å². The molecule has 2 N–H and O–H groups in total. The van der Waals surface area contributed by atoms with E-state index in [0.717, 1.165) is 24.8 Å². The standard InChI is InChI=1S/C23H33NO5/c1-22(2)14-11-17-20(16-12-15(28-4)5-6-18(16)25)29-10-8-23(17,13-14)21(22)24-19(26)7-9-27-3/h5-6,12,14,17,20-21,25H,7-11,13H2,1-4H3,(H,24,26)/t14-,17-,20-,21-,23-/m1/s1. The van der Waals surface area contributed by atoms with E-state index in [1.54, 1.807) is 26.4 Å². The van der Waals surface area contributed by atoms with Gasteiger partial charge < -0.3 is 24.6 Å². The van der Waals surface area contributed by atoms with Crippen molar-refractivity contribution in [2.45, 2.75) is 51.7 Å². The molecule has 0 aromatic heterocycles. The van der Waals surface area contributed by atoms with E-state index < -0.39 is 0 Å². The average Bonchev–Trinajstić information content (AvgIpc) is 3.19. The fraction of sp³-hybridized carbons (Fsp3) is 0.696. The van der Waals surface area contributed by atoms with Gasteiger partial charge in [-0.05, 0) is 60.1 Å². The number of aromatic hydroxyl groups is 1. The predicted octanol–water partition coefficient (Wildman–Crippen LogP) is 3.44. The van der Waals surface area contributed by atoms with Crippen LogP contribution in [0.1, 0.15) is 51.2 Å². The molecule has 1 saturated heterocycles. The molecule has 2 saturated carbocycles. The first-order valence-corrected chi connectivity index (χ1v) is 10.6. The molecule has 1 aliphatic heterocycles. The van der Waals surface area contributed by atoms with Gasteiger partial charge >= 0.3 is 0 Å². The van der Waals surface area contributed by atoms with Crippen molar-refractivity contribution in [3.05, 3.63) is 23.8 Å². The van der Waals surface area contributed by atoms with Gasteiger partial charge in [-0.15, -0.1) is 0 Å². The fourth-order valence-electron chi connectivity index (χ4n) is 6.41. The summed E-state index contributed by atoms with van der Waals surface area (Å²) in [6.07, 6.45) is 3.29. The third-order valence-electron chi connectivity index (χ3n) is 7.88. The van der Waals surface area contributed by atoms with Gasteiger partial charge in [-0.1, -0.05) is 13.8 Å². The number of phenolic OH excluding ortho intramolecular Hbond substituents is 1. The minimum Gasteiger partial charge on any atom is -0.508 e. The molecule has 0 unspecified atom stereocenters. The van der Waals surface area contributed by atoms with Gasteiger partial charge in [0.25, 0.3) is 0 Å². The van der Waals surface area contributed by atoms with Crippen LogP contribution >= 0.6 is 0 Å². The first-order chi connectivity index (χ1) is 13.8. The Hall–Kier alpha value is -1.79. The molecular formula is C23H33NO5. The van der Waals surface area contributed by atoms with Crippen molar-refractivity contribution in [3.8, 4) is 11.5 Å². The number of ether oxygens (including phenoxy) is 3. The maximum Gasteiger partial charge on any atom is 0.222 e. The summed E-state index contributed by atoms with van der Waals surface area (Å²) in [6.45, 7) is 5.64. The highest BCUT2D eigenvalue weighted by Gasteiger charge is 2.68. The average molecular weight is 404 g/mol. The van der Waals surface area contributed by atoms with E-state index >= 15 is 0 Å². The Bertz CT molecular complexity index is 779. The van der Waals surface area contributed by atoms with Crippen molar-refractivity contribution in [3.63, 3.8) is 0 Å². The molecule has 6 heteroatoms. The van der Waals surface area contributed by atoms with Crippen LogP contribution in [0.4, 0.5) is 0 Å². The van der Waals surface area contributed by atoms with Crippen molar-refractivity contribution in [2.75, 3.05) is 27.4 Å². The van der Waals surface area contributed by atoms with Gasteiger partial charge in [-0.25, -0.2) is 0 Å². The summed E-state index contributed by atoms with van der Waals surface area (Å²) in [5.74, 6) is 1.81. The number of hydrogen-bond donors (Lipinski definition) is 2. The highest BCUT2D eigenvalue weighted by molar-refractivity contribution is 5.76. The van der Waals surface area contributed by atoms with E-state index in [1.807, 2.05) is 6.07 Å². The van der Waals surface area contributed by atoms with Gasteiger partial charge in [0.2, 0.25) is 5.91 Å². The van der Waals surface area contributed by atoms with Gasteiger partial charge in [0.05, 0.1) is 19.8 Å². The first kappa shape index (κ1) is 20.5. The lowest BCUT2D eigenvalue weighted by atomic mass is 9.58. The van der Waals surface area contributed by atoms with E-state index in [4.69, 9.17) is 14.2 Å². The minimum atomic E-state index is -0.182. The molecule has 1 amide bonds. The van der Waals surface area contributed by atoms with Crippen molar-refractivity contribution < 1.29 is 24.1 Å². The Kier molecular flexibility index (Phi) is 5.28. The lowest BCUT2D eigenvalue weighted by molar-refractivity contribution is -0.138. The molecule has 0 radical (unpaired) electrons. The van der Waals surface area contributed by atoms with E-state index in [1.165, 1.54) is 0 Å². The van der Waals surface area contributed by atoms with E-state index in [9.17, 15) is 9.90 Å². The number of carbonyl (C=O) groups excluding carboxylic acids is 1. The molecule has 1 heterocycles. The summed E-state index contributed by atoms with van der Waals surface area (Å²) in [4.78, 5) is 12.6. The van der Waals surface area contributed by atoms with Crippen LogP contribution in [0.3, 0.4) is 0 Å². The summed E-state index contributed by atoms with van der Waals surface area (Å²) in [6, 6.07) is 5.44. The zero-order valence-electron chi connectivity index (χ0n) is 17.9. The molecule has 3 aliphatic rings. The molecule has 29 heavy (non-hydrogen) atoms. The number of fused-ring (bicyclic) bond motifs is 1. The molecule has 2 aliphatic carbocycles. The van der Waals surface area contributed by atoms with Gasteiger partial charge in [0.15, 0.2) is 0 Å². The van der Waals surface area contributed by atoms with Gasteiger partial charge in [0, 0.05) is 31.7 Å². The van der Waals surface area contributed by atoms with Crippen molar-refractivity contribution in [1.29, 1.82) is 0 Å². The lowest BCUT2D eigenvalue weighted by Gasteiger charge is -2.53. The third-order valence-corrected chi connectivity index (χ3v) is 7.88. The number of nitrogens with one attached hydrogen (secondary N) is 1. The highest BCUT2D eigenvalue weighted by Crippen LogP contribution is 2.70. The third kappa shape index (κ3) is 3.21. The second-order valence-corrected chi connectivity index (χ2v) is 9.51. The molecule has 160 valence electrons. The SMILES string of the molecule is COCCC(=O)N[C@@H]1C(C)(C)[C@@H]2C[C@@H]3[C@@H](c4cc(OC)ccc4O)OCC[C@@]31C2. The summed E-state index contributed by atoms with van der Waals surface area (Å²) >= 11 is 0. The van der Waals surface area contributed by atoms with Gasteiger partial charge in [-0.2, -0.15) is 0 Å². The normalized spacial score (nSPS) is 34.6. The summed E-state index contributed by atoms with van der Waals surface area (Å²) in [7, 11) is 3.25. The number of methoxy groups -OCH3 is 2. The zero-order chi connectivity index (χ0) is 20.8. The molecular weight excluding hydrogens is 370 g/mol. The van der Waals surface area contributed by atoms with Crippen LogP contribution in [0.25, 0.3) is 0 Å². The van der Waals surface area contributed by atoms with E-state index in [2.05, 4.69) is 19.2 Å². The molecule has 4 rings (SSSR count). The summed E-state index contributed by atoms with van der Waals surface area (Å²) < 4.78 is 16.7. The van der Waals surface area contributed by atoms with Crippen LogP contribution in [-0.4, -0.2) is 44.5 Å². The largest absolute Gasteiger partial charge is 0.508 e. The molecule has 2 bridgehead atoms. The Morgan fingerprint density at radius 3 is 2.86 bits per heavy atom. The first-order valence-electron chi connectivity index (χ1n) is 10.6. The van der Waals surface area contributed by atoms with Crippen LogP contribution in [0, 0.1) is 22.7 Å². The quantitative estimate of drug-likeness (QED) is 0.761. The molecule has 3 fully saturated rings. The Balaban J connectivity index is 1.66. The van der Waals surface area contributed by atoms with E-state index in [-0.39, 0.29) is 40.6 Å². The number of hydrogen-bond acceptors (Lipinski definition) is 5. The Morgan fingerprint density at radius 2 is 2.14 bits per heavy atom. The van der Waals surface area contributed by atoms with Crippen LogP contribution in [0.5, 0.6) is 11.5 Å². The molecule has 1 aromatic rings. The van der Waals surface area contributed by atoms with Crippen molar-refractivity contribution >= 4 is 5.91 Å². The molecule has 1 aromatic carbocycles. The number of carbonyl (C=O) groups is 1. The molecule has 6 nitrogen and oxygen atoms in total. The van der Waals surface area contributed by atoms with Crippen LogP contribution in [0.2, 0.25) is 0 Å². The smallest absolute Gasteiger partial charge is 0.222 e. The summed E-state index contributed by atoms with van der Waals surface area (Å²) in [5.41, 5.74) is 0.829. The van der Waals surface area contributed by atoms with Gasteiger partial charge in [0.1, 0.15) is 11.5 Å². The number of amides is 1. The minimum absolute atomic E-state index is 0.00463. The van der Waals surface area contributed by atoms with Crippen molar-refractivity contribution in [1.82, 2.24) is 5.32 Å². The molecule has 1 spiro atoms. The van der Waals surface area contributed by atoms with Crippen LogP contribution < -0.4 is 10.1 Å². The zero-order valence-corrected chi connectivity index (χ0v) is 17.9. The van der Waals surface area contributed by atoms with Gasteiger partial charge in [-0.3, -0.25) is 4.79 Å². The summed E-state index contributed by atoms with van der Waals surface area (Å²) in [5, 5.41) is 13.9. The maximum atomic E-state index is 12.6. The fourth-order valence-corrected chi connectivity index (χ4v) is 6.41. The number of benzene rings is 1. The number of phenols is 1. The second kappa shape index (κ2) is 7.47. The Labute approximate surface area is 172 Å². The van der Waals surface area contributed by atoms with E-state index in [0.29, 0.717) is 31.3 Å². The van der Waals surface area contributed by atoms with Crippen LogP contribution in [0.15, 0.2) is 18.2 Å². The maximum absolute atomic E-state index is 12.6. The number of rotatable bonds is 6. The Morgan fingerprint density at radius 1 is 1.34 bits per heavy atom. The van der Waals surface area contributed by atoms with Crippen molar-refractivity contribution in [2.24, 2.45) is 22.7 Å². The molecule has 5 atom stereocenters. The van der Waals surface area contributed by atoms with Crippen LogP contribution in [-0.2, 0) is 14.3 Å². The monoisotopic (exact) mass is 403 g/mol.